The molecular formula is C16H21ClN2O. The molecule has 1 heterocycles. The van der Waals surface area contributed by atoms with Crippen molar-refractivity contribution in [2.24, 2.45) is 5.92 Å². The van der Waals surface area contributed by atoms with Gasteiger partial charge in [0.1, 0.15) is 0 Å². The number of nitrogens with one attached hydrogen (secondary N) is 1. The molecule has 3 nitrogen and oxygen atoms in total. The van der Waals surface area contributed by atoms with E-state index in [1.807, 2.05) is 38.1 Å². The third-order valence-electron chi connectivity index (χ3n) is 3.46. The number of hydrogen-bond acceptors (Lipinski definition) is 2. The Morgan fingerprint density at radius 2 is 2.10 bits per heavy atom. The maximum atomic E-state index is 11.6. The Morgan fingerprint density at radius 1 is 1.40 bits per heavy atom. The molecule has 0 aromatic heterocycles. The van der Waals surface area contributed by atoms with E-state index in [2.05, 4.69) is 10.2 Å². The Morgan fingerprint density at radius 3 is 2.75 bits per heavy atom. The van der Waals surface area contributed by atoms with E-state index in [0.717, 1.165) is 36.7 Å². The standard InChI is InChI=1S/C16H21ClN2O/c1-12(2)9-16(20)18-10-13-7-8-19(11-13)15-5-3-14(17)4-6-15/h3-6,9,13H,7-8,10-11H2,1-2H3,(H,18,20)/t13-/m1/s1. The third-order valence-corrected chi connectivity index (χ3v) is 3.71. The van der Waals surface area contributed by atoms with Crippen molar-refractivity contribution in [3.63, 3.8) is 0 Å². The van der Waals surface area contributed by atoms with Crippen LogP contribution in [0.4, 0.5) is 5.69 Å². The summed E-state index contributed by atoms with van der Waals surface area (Å²) in [6.07, 6.45) is 2.75. The molecule has 1 N–H and O–H groups in total. The van der Waals surface area contributed by atoms with Crippen molar-refractivity contribution in [2.75, 3.05) is 24.5 Å². The van der Waals surface area contributed by atoms with Crippen LogP contribution < -0.4 is 10.2 Å². The van der Waals surface area contributed by atoms with Crippen molar-refractivity contribution < 1.29 is 4.79 Å². The first-order valence-corrected chi connectivity index (χ1v) is 7.35. The molecule has 1 aliphatic heterocycles. The monoisotopic (exact) mass is 292 g/mol. The van der Waals surface area contributed by atoms with Gasteiger partial charge in [0.25, 0.3) is 0 Å². The van der Waals surface area contributed by atoms with Crippen LogP contribution in [-0.4, -0.2) is 25.5 Å². The maximum absolute atomic E-state index is 11.6. The Hall–Kier alpha value is -1.48. The highest BCUT2D eigenvalue weighted by Gasteiger charge is 2.22. The molecule has 4 heteroatoms. The van der Waals surface area contributed by atoms with Gasteiger partial charge in [-0.15, -0.1) is 0 Å². The Bertz CT molecular complexity index is 492. The molecule has 1 aliphatic rings. The minimum Gasteiger partial charge on any atom is -0.371 e. The molecule has 0 unspecified atom stereocenters. The number of amides is 1. The largest absolute Gasteiger partial charge is 0.371 e. The molecule has 1 aromatic rings. The number of carbonyl (C=O) groups is 1. The fourth-order valence-electron chi connectivity index (χ4n) is 2.44. The number of nitrogens with zero attached hydrogens (tertiary/aromatic N) is 1. The van der Waals surface area contributed by atoms with Crippen LogP contribution in [0.25, 0.3) is 0 Å². The summed E-state index contributed by atoms with van der Waals surface area (Å²) in [7, 11) is 0. The third kappa shape index (κ3) is 4.27. The number of benzene rings is 1. The Balaban J connectivity index is 1.82. The quantitative estimate of drug-likeness (QED) is 0.864. The lowest BCUT2D eigenvalue weighted by atomic mass is 10.1. The van der Waals surface area contributed by atoms with Gasteiger partial charge in [0.2, 0.25) is 5.91 Å². The molecular weight excluding hydrogens is 272 g/mol. The Kier molecular flexibility index (Phi) is 5.07. The SMILES string of the molecule is CC(C)=CC(=O)NC[C@H]1CCN(c2ccc(Cl)cc2)C1. The van der Waals surface area contributed by atoms with Crippen molar-refractivity contribution in [3.05, 3.63) is 40.9 Å². The summed E-state index contributed by atoms with van der Waals surface area (Å²) in [4.78, 5) is 13.9. The van der Waals surface area contributed by atoms with E-state index in [1.54, 1.807) is 6.08 Å². The minimum atomic E-state index is 0.00921. The molecule has 1 saturated heterocycles. The van der Waals surface area contributed by atoms with Crippen LogP contribution in [0.15, 0.2) is 35.9 Å². The van der Waals surface area contributed by atoms with Crippen LogP contribution in [0.3, 0.4) is 0 Å². The minimum absolute atomic E-state index is 0.00921. The number of carbonyl (C=O) groups excluding carboxylic acids is 1. The zero-order chi connectivity index (χ0) is 14.5. The van der Waals surface area contributed by atoms with Crippen molar-refractivity contribution >= 4 is 23.2 Å². The second kappa shape index (κ2) is 6.80. The first-order valence-electron chi connectivity index (χ1n) is 6.98. The van der Waals surface area contributed by atoms with Crippen LogP contribution in [-0.2, 0) is 4.79 Å². The molecule has 0 aliphatic carbocycles. The molecule has 0 spiro atoms. The van der Waals surface area contributed by atoms with Crippen LogP contribution in [0.1, 0.15) is 20.3 Å². The van der Waals surface area contributed by atoms with Gasteiger partial charge in [0.05, 0.1) is 0 Å². The number of allylic oxidation sites excluding steroid dienone is 1. The van der Waals surface area contributed by atoms with Gasteiger partial charge in [-0.25, -0.2) is 0 Å². The molecule has 2 rings (SSSR count). The zero-order valence-corrected chi connectivity index (χ0v) is 12.8. The molecule has 0 radical (unpaired) electrons. The van der Waals surface area contributed by atoms with Gasteiger partial charge in [-0.05, 0) is 50.5 Å². The maximum Gasteiger partial charge on any atom is 0.243 e. The van der Waals surface area contributed by atoms with E-state index in [9.17, 15) is 4.79 Å². The predicted octanol–water partition coefficient (Wildman–Crippen LogP) is 3.25. The topological polar surface area (TPSA) is 32.3 Å². The molecule has 20 heavy (non-hydrogen) atoms. The van der Waals surface area contributed by atoms with Crippen LogP contribution in [0.2, 0.25) is 5.02 Å². The summed E-state index contributed by atoms with van der Waals surface area (Å²) in [5.41, 5.74) is 2.23. The van der Waals surface area contributed by atoms with Crippen LogP contribution in [0, 0.1) is 5.92 Å². The fourth-order valence-corrected chi connectivity index (χ4v) is 2.57. The van der Waals surface area contributed by atoms with E-state index in [-0.39, 0.29) is 5.91 Å². The van der Waals surface area contributed by atoms with E-state index in [1.165, 1.54) is 5.69 Å². The molecule has 1 amide bonds. The summed E-state index contributed by atoms with van der Waals surface area (Å²) in [6, 6.07) is 7.93. The van der Waals surface area contributed by atoms with Crippen molar-refractivity contribution in [3.8, 4) is 0 Å². The van der Waals surface area contributed by atoms with Gasteiger partial charge < -0.3 is 10.2 Å². The van der Waals surface area contributed by atoms with Gasteiger partial charge in [-0.2, -0.15) is 0 Å². The van der Waals surface area contributed by atoms with Gasteiger partial charge in [0, 0.05) is 36.4 Å². The van der Waals surface area contributed by atoms with Gasteiger partial charge in [0.15, 0.2) is 0 Å². The average Bonchev–Trinajstić information content (AvgIpc) is 2.85. The molecule has 0 saturated carbocycles. The second-order valence-electron chi connectivity index (χ2n) is 5.54. The molecule has 0 bridgehead atoms. The zero-order valence-electron chi connectivity index (χ0n) is 12.0. The number of halogens is 1. The molecule has 1 atom stereocenters. The van der Waals surface area contributed by atoms with Gasteiger partial charge >= 0.3 is 0 Å². The van der Waals surface area contributed by atoms with Crippen molar-refractivity contribution in [1.82, 2.24) is 5.32 Å². The highest BCUT2D eigenvalue weighted by Crippen LogP contribution is 2.24. The summed E-state index contributed by atoms with van der Waals surface area (Å²) in [6.45, 7) is 6.61. The van der Waals surface area contributed by atoms with E-state index in [4.69, 9.17) is 11.6 Å². The van der Waals surface area contributed by atoms with Gasteiger partial charge in [-0.1, -0.05) is 17.2 Å². The van der Waals surface area contributed by atoms with Crippen LogP contribution in [0.5, 0.6) is 0 Å². The highest BCUT2D eigenvalue weighted by molar-refractivity contribution is 6.30. The number of anilines is 1. The van der Waals surface area contributed by atoms with Gasteiger partial charge in [-0.3, -0.25) is 4.79 Å². The van der Waals surface area contributed by atoms with Crippen molar-refractivity contribution in [2.45, 2.75) is 20.3 Å². The Labute approximate surface area is 125 Å². The van der Waals surface area contributed by atoms with Crippen molar-refractivity contribution in [1.29, 1.82) is 0 Å². The van der Waals surface area contributed by atoms with E-state index >= 15 is 0 Å². The number of rotatable bonds is 4. The molecule has 108 valence electrons. The van der Waals surface area contributed by atoms with Crippen LogP contribution >= 0.6 is 11.6 Å². The average molecular weight is 293 g/mol. The summed E-state index contributed by atoms with van der Waals surface area (Å²) in [5, 5.41) is 3.74. The summed E-state index contributed by atoms with van der Waals surface area (Å²) in [5.74, 6) is 0.523. The lowest BCUT2D eigenvalue weighted by Gasteiger charge is -2.18. The fraction of sp³-hybridized carbons (Fsp3) is 0.438. The van der Waals surface area contributed by atoms with E-state index < -0.39 is 0 Å². The molecule has 1 fully saturated rings. The predicted molar refractivity (Wildman–Crippen MR) is 84.2 cm³/mol. The lowest BCUT2D eigenvalue weighted by Crippen LogP contribution is -2.30. The smallest absolute Gasteiger partial charge is 0.243 e. The first kappa shape index (κ1) is 14.9. The summed E-state index contributed by atoms with van der Waals surface area (Å²) < 4.78 is 0. The van der Waals surface area contributed by atoms with E-state index in [0.29, 0.717) is 5.92 Å². The first-order chi connectivity index (χ1) is 9.54. The summed E-state index contributed by atoms with van der Waals surface area (Å²) >= 11 is 5.90. The highest BCUT2D eigenvalue weighted by atomic mass is 35.5. The normalized spacial score (nSPS) is 17.9. The lowest BCUT2D eigenvalue weighted by molar-refractivity contribution is -0.116. The molecule has 1 aromatic carbocycles. The number of hydrogen-bond donors (Lipinski definition) is 1. The second-order valence-corrected chi connectivity index (χ2v) is 5.98.